The Kier molecular flexibility index (Phi) is 10.9. The van der Waals surface area contributed by atoms with E-state index in [0.717, 1.165) is 50.0 Å². The van der Waals surface area contributed by atoms with Gasteiger partial charge in [-0.25, -0.2) is 0 Å². The first kappa shape index (κ1) is 23.3. The molecule has 3 heterocycles. The SMILES string of the molecule is Cl.Cl.O=C(CCc1ccncc1)N(Cc1ccccn1)C1CCCNCC1. The maximum atomic E-state index is 13.0. The van der Waals surface area contributed by atoms with Crippen molar-refractivity contribution in [1.82, 2.24) is 20.2 Å². The van der Waals surface area contributed by atoms with Gasteiger partial charge in [0.05, 0.1) is 12.2 Å². The number of halogens is 2. The minimum atomic E-state index is 0. The average Bonchev–Trinajstić information content (AvgIpc) is 2.95. The zero-order valence-corrected chi connectivity index (χ0v) is 17.1. The molecule has 2 aromatic heterocycles. The number of carbonyl (C=O) groups is 1. The molecule has 5 nitrogen and oxygen atoms in total. The summed E-state index contributed by atoms with van der Waals surface area (Å²) >= 11 is 0. The van der Waals surface area contributed by atoms with Gasteiger partial charge in [-0.1, -0.05) is 6.07 Å². The van der Waals surface area contributed by atoms with Crippen LogP contribution in [0.15, 0.2) is 48.9 Å². The molecule has 1 saturated heterocycles. The molecular formula is C20H28Cl2N4O. The van der Waals surface area contributed by atoms with E-state index >= 15 is 0 Å². The largest absolute Gasteiger partial charge is 0.334 e. The number of pyridine rings is 2. The summed E-state index contributed by atoms with van der Waals surface area (Å²) in [6.45, 7) is 2.61. The van der Waals surface area contributed by atoms with E-state index in [-0.39, 0.29) is 30.7 Å². The van der Waals surface area contributed by atoms with Crippen molar-refractivity contribution in [3.63, 3.8) is 0 Å². The van der Waals surface area contributed by atoms with E-state index in [1.54, 1.807) is 18.6 Å². The van der Waals surface area contributed by atoms with Gasteiger partial charge in [0.2, 0.25) is 5.91 Å². The monoisotopic (exact) mass is 410 g/mol. The highest BCUT2D eigenvalue weighted by Gasteiger charge is 2.24. The molecule has 148 valence electrons. The topological polar surface area (TPSA) is 58.1 Å². The summed E-state index contributed by atoms with van der Waals surface area (Å²) in [7, 11) is 0. The Morgan fingerprint density at radius 2 is 1.89 bits per heavy atom. The van der Waals surface area contributed by atoms with E-state index in [1.165, 1.54) is 0 Å². The van der Waals surface area contributed by atoms with Crippen molar-refractivity contribution < 1.29 is 4.79 Å². The lowest BCUT2D eigenvalue weighted by Crippen LogP contribution is -2.40. The summed E-state index contributed by atoms with van der Waals surface area (Å²) in [5.41, 5.74) is 2.11. The number of rotatable bonds is 6. The molecule has 1 atom stereocenters. The zero-order chi connectivity index (χ0) is 17.3. The molecule has 1 aliphatic heterocycles. The van der Waals surface area contributed by atoms with E-state index in [1.807, 2.05) is 30.3 Å². The van der Waals surface area contributed by atoms with Gasteiger partial charge < -0.3 is 10.2 Å². The molecule has 0 radical (unpaired) electrons. The molecule has 2 aromatic rings. The fourth-order valence-corrected chi connectivity index (χ4v) is 3.34. The van der Waals surface area contributed by atoms with Crippen LogP contribution < -0.4 is 5.32 Å². The van der Waals surface area contributed by atoms with Crippen molar-refractivity contribution in [3.8, 4) is 0 Å². The normalized spacial score (nSPS) is 16.4. The van der Waals surface area contributed by atoms with E-state index < -0.39 is 0 Å². The predicted octanol–water partition coefficient (Wildman–Crippen LogP) is 3.42. The lowest BCUT2D eigenvalue weighted by molar-refractivity contribution is -0.134. The van der Waals surface area contributed by atoms with Crippen LogP contribution in [0.3, 0.4) is 0 Å². The summed E-state index contributed by atoms with van der Waals surface area (Å²) in [4.78, 5) is 23.5. The van der Waals surface area contributed by atoms with E-state index in [9.17, 15) is 4.79 Å². The molecule has 3 rings (SSSR count). The molecule has 27 heavy (non-hydrogen) atoms. The van der Waals surface area contributed by atoms with Gasteiger partial charge in [-0.3, -0.25) is 14.8 Å². The number of hydrogen-bond donors (Lipinski definition) is 1. The minimum absolute atomic E-state index is 0. The number of nitrogens with one attached hydrogen (secondary N) is 1. The Balaban J connectivity index is 0.00000182. The van der Waals surface area contributed by atoms with Crippen molar-refractivity contribution in [1.29, 1.82) is 0 Å². The Bertz CT molecular complexity index is 650. The molecule has 0 aromatic carbocycles. The van der Waals surface area contributed by atoms with Crippen LogP contribution in [0.4, 0.5) is 0 Å². The van der Waals surface area contributed by atoms with E-state index in [0.29, 0.717) is 19.0 Å². The van der Waals surface area contributed by atoms with Gasteiger partial charge in [0.25, 0.3) is 0 Å². The predicted molar refractivity (Wildman–Crippen MR) is 112 cm³/mol. The van der Waals surface area contributed by atoms with Crippen molar-refractivity contribution in [2.75, 3.05) is 13.1 Å². The number of aromatic nitrogens is 2. The zero-order valence-electron chi connectivity index (χ0n) is 15.4. The number of nitrogens with zero attached hydrogens (tertiary/aromatic N) is 3. The molecule has 1 N–H and O–H groups in total. The first-order valence-electron chi connectivity index (χ1n) is 9.12. The minimum Gasteiger partial charge on any atom is -0.334 e. The highest BCUT2D eigenvalue weighted by molar-refractivity contribution is 5.85. The lowest BCUT2D eigenvalue weighted by atomic mass is 10.0. The maximum Gasteiger partial charge on any atom is 0.223 e. The Morgan fingerprint density at radius 3 is 2.63 bits per heavy atom. The van der Waals surface area contributed by atoms with Crippen molar-refractivity contribution in [2.24, 2.45) is 0 Å². The second kappa shape index (κ2) is 12.7. The van der Waals surface area contributed by atoms with E-state index in [2.05, 4.69) is 20.2 Å². The Labute approximate surface area is 173 Å². The molecule has 1 aliphatic rings. The number of hydrogen-bond acceptors (Lipinski definition) is 4. The van der Waals surface area contributed by atoms with Crippen LogP contribution in [0.2, 0.25) is 0 Å². The summed E-state index contributed by atoms with van der Waals surface area (Å²) in [5, 5.41) is 3.43. The molecule has 0 bridgehead atoms. The van der Waals surface area contributed by atoms with Crippen LogP contribution >= 0.6 is 24.8 Å². The smallest absolute Gasteiger partial charge is 0.223 e. The van der Waals surface area contributed by atoms with Crippen molar-refractivity contribution >= 4 is 30.7 Å². The van der Waals surface area contributed by atoms with Gasteiger partial charge in [-0.15, -0.1) is 24.8 Å². The summed E-state index contributed by atoms with van der Waals surface area (Å²) < 4.78 is 0. The number of amides is 1. The Hall–Kier alpha value is -1.69. The second-order valence-corrected chi connectivity index (χ2v) is 6.53. The second-order valence-electron chi connectivity index (χ2n) is 6.53. The number of aryl methyl sites for hydroxylation is 1. The van der Waals surface area contributed by atoms with Gasteiger partial charge >= 0.3 is 0 Å². The number of carbonyl (C=O) groups excluding carboxylic acids is 1. The van der Waals surface area contributed by atoms with Crippen LogP contribution in [0.5, 0.6) is 0 Å². The first-order chi connectivity index (χ1) is 12.3. The van der Waals surface area contributed by atoms with Gasteiger partial charge in [0.1, 0.15) is 0 Å². The van der Waals surface area contributed by atoms with Gasteiger partial charge in [-0.05, 0) is 68.6 Å². The van der Waals surface area contributed by atoms with Crippen LogP contribution in [0.25, 0.3) is 0 Å². The summed E-state index contributed by atoms with van der Waals surface area (Å²) in [5.74, 6) is 0.217. The van der Waals surface area contributed by atoms with Crippen LogP contribution in [0.1, 0.15) is 36.9 Å². The quantitative estimate of drug-likeness (QED) is 0.792. The molecule has 0 aliphatic carbocycles. The standard InChI is InChI=1S/C20H26N4O.2ClH/c25-20(7-6-17-8-13-22-14-9-17)24(16-18-4-1-2-12-23-18)19-5-3-11-21-15-10-19;;/h1-2,4,8-9,12-14,19,21H,3,5-7,10-11,15-16H2;2*1H. The Morgan fingerprint density at radius 1 is 1.07 bits per heavy atom. The average molecular weight is 411 g/mol. The highest BCUT2D eigenvalue weighted by atomic mass is 35.5. The lowest BCUT2D eigenvalue weighted by Gasteiger charge is -2.31. The molecule has 0 spiro atoms. The maximum absolute atomic E-state index is 13.0. The molecule has 1 unspecified atom stereocenters. The third-order valence-electron chi connectivity index (χ3n) is 4.74. The molecule has 7 heteroatoms. The summed E-state index contributed by atoms with van der Waals surface area (Å²) in [6, 6.07) is 10.1. The van der Waals surface area contributed by atoms with Crippen LogP contribution in [-0.4, -0.2) is 39.9 Å². The molecular weight excluding hydrogens is 383 g/mol. The van der Waals surface area contributed by atoms with Crippen molar-refractivity contribution in [3.05, 3.63) is 60.2 Å². The van der Waals surface area contributed by atoms with Gasteiger partial charge in [0, 0.05) is 31.1 Å². The van der Waals surface area contributed by atoms with Crippen LogP contribution in [-0.2, 0) is 17.8 Å². The molecule has 1 fully saturated rings. The highest BCUT2D eigenvalue weighted by Crippen LogP contribution is 2.18. The third-order valence-corrected chi connectivity index (χ3v) is 4.74. The summed E-state index contributed by atoms with van der Waals surface area (Å²) in [6.07, 6.45) is 9.82. The van der Waals surface area contributed by atoms with Gasteiger partial charge in [0.15, 0.2) is 0 Å². The third kappa shape index (κ3) is 7.45. The molecule has 1 amide bonds. The fraction of sp³-hybridized carbons (Fsp3) is 0.450. The fourth-order valence-electron chi connectivity index (χ4n) is 3.34. The van der Waals surface area contributed by atoms with Crippen molar-refractivity contribution in [2.45, 2.75) is 44.7 Å². The van der Waals surface area contributed by atoms with Gasteiger partial charge in [-0.2, -0.15) is 0 Å². The van der Waals surface area contributed by atoms with Crippen LogP contribution in [0, 0.1) is 0 Å². The molecule has 0 saturated carbocycles. The van der Waals surface area contributed by atoms with E-state index in [4.69, 9.17) is 0 Å². The first-order valence-corrected chi connectivity index (χ1v) is 9.12.